The molecule has 1 heterocycles. The Hall–Kier alpha value is -1.96. The highest BCUT2D eigenvalue weighted by Crippen LogP contribution is 2.40. The Morgan fingerprint density at radius 1 is 0.968 bits per heavy atom. The van der Waals surface area contributed by atoms with Gasteiger partial charge in [0, 0.05) is 5.56 Å². The van der Waals surface area contributed by atoms with Gasteiger partial charge in [-0.2, -0.15) is 0 Å². The van der Waals surface area contributed by atoms with Crippen molar-refractivity contribution in [2.24, 2.45) is 0 Å². The number of hydrogen-bond donors (Lipinski definition) is 4. The zero-order valence-corrected chi connectivity index (χ0v) is 18.1. The predicted octanol–water partition coefficient (Wildman–Crippen LogP) is 2.20. The second kappa shape index (κ2) is 9.27. The average molecular weight is 429 g/mol. The maximum absolute atomic E-state index is 10.7. The standard InChI is InChI=1S/C25H32O6/c1-3-15-4-6-16(7-5-15)11-17-12-19(20(10-14(17)2)30-18-8-9-18)25-24(29)23(28)22(27)21(13-26)31-25/h4-7,10,12,18,21-29H,3,8-9,11,13H2,1-2H3/t21-,22-,23+,24-,25+/m1/s1. The third-order valence-corrected chi connectivity index (χ3v) is 6.31. The summed E-state index contributed by atoms with van der Waals surface area (Å²) < 4.78 is 12.0. The normalized spacial score (nSPS) is 28.5. The van der Waals surface area contributed by atoms with E-state index in [2.05, 4.69) is 31.2 Å². The van der Waals surface area contributed by atoms with Gasteiger partial charge in [-0.15, -0.1) is 0 Å². The van der Waals surface area contributed by atoms with Crippen LogP contribution in [0.1, 0.15) is 53.7 Å². The van der Waals surface area contributed by atoms with Crippen LogP contribution in [0.2, 0.25) is 0 Å². The highest BCUT2D eigenvalue weighted by atomic mass is 16.5. The van der Waals surface area contributed by atoms with Crippen molar-refractivity contribution in [3.05, 3.63) is 64.2 Å². The van der Waals surface area contributed by atoms with Gasteiger partial charge in [0.15, 0.2) is 0 Å². The summed E-state index contributed by atoms with van der Waals surface area (Å²) in [6.45, 7) is 3.71. The van der Waals surface area contributed by atoms with E-state index < -0.39 is 37.1 Å². The molecule has 0 radical (unpaired) electrons. The molecule has 2 fully saturated rings. The molecule has 0 amide bonds. The molecule has 31 heavy (non-hydrogen) atoms. The van der Waals surface area contributed by atoms with E-state index in [1.54, 1.807) is 0 Å². The molecule has 6 heteroatoms. The number of aryl methyl sites for hydroxylation is 2. The van der Waals surface area contributed by atoms with Gasteiger partial charge in [0.2, 0.25) is 0 Å². The molecule has 1 aliphatic carbocycles. The third-order valence-electron chi connectivity index (χ3n) is 6.31. The van der Waals surface area contributed by atoms with Gasteiger partial charge >= 0.3 is 0 Å². The van der Waals surface area contributed by atoms with Crippen molar-refractivity contribution in [1.29, 1.82) is 0 Å². The Balaban J connectivity index is 1.69. The van der Waals surface area contributed by atoms with Gasteiger partial charge < -0.3 is 29.9 Å². The quantitative estimate of drug-likeness (QED) is 0.540. The van der Waals surface area contributed by atoms with Gasteiger partial charge in [-0.25, -0.2) is 0 Å². The summed E-state index contributed by atoms with van der Waals surface area (Å²) in [4.78, 5) is 0. The van der Waals surface area contributed by atoms with Gasteiger partial charge in [-0.3, -0.25) is 0 Å². The molecule has 4 rings (SSSR count). The summed E-state index contributed by atoms with van der Waals surface area (Å²) in [5.41, 5.74) is 5.24. The van der Waals surface area contributed by atoms with Gasteiger partial charge in [0.25, 0.3) is 0 Å². The second-order valence-corrected chi connectivity index (χ2v) is 8.73. The molecule has 5 atom stereocenters. The minimum Gasteiger partial charge on any atom is -0.490 e. The fourth-order valence-electron chi connectivity index (χ4n) is 4.10. The number of aliphatic hydroxyl groups is 4. The minimum atomic E-state index is -1.42. The number of hydrogen-bond acceptors (Lipinski definition) is 6. The molecule has 0 unspecified atom stereocenters. The van der Waals surface area contributed by atoms with Crippen LogP contribution in [0.25, 0.3) is 0 Å². The van der Waals surface area contributed by atoms with Crippen molar-refractivity contribution >= 4 is 0 Å². The maximum Gasteiger partial charge on any atom is 0.125 e. The highest BCUT2D eigenvalue weighted by molar-refractivity contribution is 5.46. The first kappa shape index (κ1) is 22.2. The van der Waals surface area contributed by atoms with E-state index in [1.165, 1.54) is 11.1 Å². The Kier molecular flexibility index (Phi) is 6.65. The number of ether oxygens (including phenoxy) is 2. The smallest absolute Gasteiger partial charge is 0.125 e. The van der Waals surface area contributed by atoms with E-state index in [0.29, 0.717) is 17.7 Å². The molecule has 0 aromatic heterocycles. The molecule has 1 saturated carbocycles. The zero-order valence-electron chi connectivity index (χ0n) is 18.1. The SMILES string of the molecule is CCc1ccc(Cc2cc([C@@H]3O[C@H](CO)[C@@H](O)[C@H](O)[C@H]3O)c(OC3CC3)cc2C)cc1. The van der Waals surface area contributed by atoms with E-state index in [1.807, 2.05) is 19.1 Å². The molecule has 0 spiro atoms. The first-order valence-corrected chi connectivity index (χ1v) is 11.1. The Morgan fingerprint density at radius 2 is 1.65 bits per heavy atom. The summed E-state index contributed by atoms with van der Waals surface area (Å²) in [6.07, 6.45) is -2.18. The largest absolute Gasteiger partial charge is 0.490 e. The molecular weight excluding hydrogens is 396 g/mol. The summed E-state index contributed by atoms with van der Waals surface area (Å²) in [6, 6.07) is 12.4. The first-order valence-electron chi connectivity index (χ1n) is 11.1. The lowest BCUT2D eigenvalue weighted by Gasteiger charge is -2.40. The average Bonchev–Trinajstić information content (AvgIpc) is 3.59. The monoisotopic (exact) mass is 428 g/mol. The molecule has 0 bridgehead atoms. The van der Waals surface area contributed by atoms with Crippen LogP contribution in [-0.4, -0.2) is 57.6 Å². The maximum atomic E-state index is 10.7. The van der Waals surface area contributed by atoms with Crippen LogP contribution < -0.4 is 4.74 Å². The Labute approximate surface area is 183 Å². The number of benzene rings is 2. The van der Waals surface area contributed by atoms with Crippen molar-refractivity contribution in [2.45, 2.75) is 76.2 Å². The molecule has 168 valence electrons. The van der Waals surface area contributed by atoms with Crippen molar-refractivity contribution < 1.29 is 29.9 Å². The number of rotatable bonds is 7. The summed E-state index contributed by atoms with van der Waals surface area (Å²) in [5.74, 6) is 0.620. The lowest BCUT2D eigenvalue weighted by Crippen LogP contribution is -2.55. The molecule has 1 saturated heterocycles. The van der Waals surface area contributed by atoms with Gasteiger partial charge in [0.1, 0.15) is 36.3 Å². The summed E-state index contributed by atoms with van der Waals surface area (Å²) in [7, 11) is 0. The minimum absolute atomic E-state index is 0.149. The van der Waals surface area contributed by atoms with E-state index >= 15 is 0 Å². The molecule has 1 aliphatic heterocycles. The Bertz CT molecular complexity index is 890. The lowest BCUT2D eigenvalue weighted by molar-refractivity contribution is -0.232. The highest BCUT2D eigenvalue weighted by Gasteiger charge is 2.45. The van der Waals surface area contributed by atoms with Gasteiger partial charge in [-0.1, -0.05) is 31.2 Å². The van der Waals surface area contributed by atoms with Crippen molar-refractivity contribution in [2.75, 3.05) is 6.61 Å². The van der Waals surface area contributed by atoms with Crippen LogP contribution in [0.15, 0.2) is 36.4 Å². The van der Waals surface area contributed by atoms with E-state index in [0.717, 1.165) is 30.4 Å². The fourth-order valence-corrected chi connectivity index (χ4v) is 4.10. The van der Waals surface area contributed by atoms with Crippen LogP contribution in [-0.2, 0) is 17.6 Å². The predicted molar refractivity (Wildman–Crippen MR) is 116 cm³/mol. The Morgan fingerprint density at radius 3 is 2.26 bits per heavy atom. The van der Waals surface area contributed by atoms with Gasteiger partial charge in [-0.05, 0) is 67.0 Å². The van der Waals surface area contributed by atoms with Crippen LogP contribution in [0.5, 0.6) is 5.75 Å². The van der Waals surface area contributed by atoms with E-state index in [9.17, 15) is 20.4 Å². The summed E-state index contributed by atoms with van der Waals surface area (Å²) in [5, 5.41) is 40.7. The van der Waals surface area contributed by atoms with Crippen LogP contribution in [0.4, 0.5) is 0 Å². The van der Waals surface area contributed by atoms with E-state index in [-0.39, 0.29) is 6.10 Å². The first-order chi connectivity index (χ1) is 14.9. The van der Waals surface area contributed by atoms with Crippen LogP contribution in [0, 0.1) is 6.92 Å². The second-order valence-electron chi connectivity index (χ2n) is 8.73. The van der Waals surface area contributed by atoms with Gasteiger partial charge in [0.05, 0.1) is 12.7 Å². The third kappa shape index (κ3) is 4.78. The van der Waals surface area contributed by atoms with Crippen molar-refractivity contribution in [3.63, 3.8) is 0 Å². The van der Waals surface area contributed by atoms with Crippen LogP contribution in [0.3, 0.4) is 0 Å². The molecule has 2 aromatic rings. The lowest BCUT2D eigenvalue weighted by atomic mass is 9.88. The van der Waals surface area contributed by atoms with Crippen molar-refractivity contribution in [3.8, 4) is 5.75 Å². The van der Waals surface area contributed by atoms with Crippen LogP contribution >= 0.6 is 0 Å². The van der Waals surface area contributed by atoms with Crippen molar-refractivity contribution in [1.82, 2.24) is 0 Å². The molecule has 4 N–H and O–H groups in total. The summed E-state index contributed by atoms with van der Waals surface area (Å²) >= 11 is 0. The zero-order chi connectivity index (χ0) is 22.1. The molecule has 6 nitrogen and oxygen atoms in total. The van der Waals surface area contributed by atoms with E-state index in [4.69, 9.17) is 9.47 Å². The molecule has 2 aromatic carbocycles. The molecule has 2 aliphatic rings. The molecular formula is C25H32O6. The topological polar surface area (TPSA) is 99.4 Å². The fraction of sp³-hybridized carbons (Fsp3) is 0.520. The number of aliphatic hydroxyl groups excluding tert-OH is 4.